The fraction of sp³-hybridized carbons (Fsp3) is 0.402. The zero-order valence-electron chi connectivity index (χ0n) is 66.8. The number of aryl methyl sites for hydroxylation is 9. The summed E-state index contributed by atoms with van der Waals surface area (Å²) in [6, 6.07) is 41.0. The van der Waals surface area contributed by atoms with Crippen LogP contribution in [0.5, 0.6) is 34.9 Å². The number of nitrogens with zero attached hydrogens (tertiary/aromatic N) is 12. The highest BCUT2D eigenvalue weighted by Crippen LogP contribution is 2.44. The summed E-state index contributed by atoms with van der Waals surface area (Å²) in [5.41, 5.74) is 20.5. The molecule has 9 aromatic rings. The lowest BCUT2D eigenvalue weighted by molar-refractivity contribution is 0.1000. The van der Waals surface area contributed by atoms with E-state index in [9.17, 15) is 37.4 Å². The molecule has 0 bridgehead atoms. The van der Waals surface area contributed by atoms with Crippen LogP contribution in [-0.4, -0.2) is 150 Å². The number of rotatable bonds is 21. The zero-order chi connectivity index (χ0) is 81.8. The van der Waals surface area contributed by atoms with Crippen LogP contribution in [-0.2, 0) is 57.8 Å². The van der Waals surface area contributed by atoms with Crippen LogP contribution in [0.25, 0.3) is 0 Å². The molecule has 116 heavy (non-hydrogen) atoms. The van der Waals surface area contributed by atoms with E-state index in [4.69, 9.17) is 49.8 Å². The van der Waals surface area contributed by atoms with Crippen LogP contribution in [0.1, 0.15) is 152 Å². The molecule has 5 N–H and O–H groups in total. The van der Waals surface area contributed by atoms with E-state index in [1.54, 1.807) is 53.5 Å². The van der Waals surface area contributed by atoms with Gasteiger partial charge in [0.25, 0.3) is 0 Å². The van der Waals surface area contributed by atoms with Gasteiger partial charge in [0.1, 0.15) is 17.2 Å². The normalized spacial score (nSPS) is 16.1. The minimum absolute atomic E-state index is 0.0766. The number of nitrogens with two attached hydrogens (primary N) is 1. The van der Waals surface area contributed by atoms with Crippen LogP contribution < -0.4 is 40.8 Å². The summed E-state index contributed by atoms with van der Waals surface area (Å²) in [7, 11) is -6.21. The number of hydrogen-bond donors (Lipinski definition) is 4. The topological polar surface area (TPSA) is 334 Å². The summed E-state index contributed by atoms with van der Waals surface area (Å²) < 4.78 is 65.8. The maximum absolute atomic E-state index is 11.7. The van der Waals surface area contributed by atoms with Crippen molar-refractivity contribution in [2.45, 2.75) is 175 Å². The Hall–Kier alpha value is -10.0. The van der Waals surface area contributed by atoms with Gasteiger partial charge in [0.05, 0.1) is 77.3 Å². The van der Waals surface area contributed by atoms with Gasteiger partial charge in [-0.1, -0.05) is 42.5 Å². The van der Waals surface area contributed by atoms with Crippen molar-refractivity contribution in [3.05, 3.63) is 199 Å². The number of benzene rings is 6. The van der Waals surface area contributed by atoms with Crippen molar-refractivity contribution >= 4 is 84.4 Å². The molecular weight excluding hydrogens is 1560 g/mol. The van der Waals surface area contributed by atoms with Crippen LogP contribution in [0.2, 0.25) is 0 Å². The van der Waals surface area contributed by atoms with E-state index >= 15 is 0 Å². The van der Waals surface area contributed by atoms with Crippen molar-refractivity contribution < 1.29 is 35.8 Å². The monoisotopic (exact) mass is 1650 g/mol. The minimum atomic E-state index is -3.18. The molecule has 6 aliphatic rings. The Morgan fingerprint density at radius 2 is 0.810 bits per heavy atom. The number of piperidine rings is 3. The number of sulfone groups is 2. The average molecular weight is 1660 g/mol. The SMILES string of the molecule is Cc1cc(C#N)cc(C)c1Oc1nc(NC2CCN(Cc3ccc(CS(C)(=O)=O)cc3)CC2)nc2c1SCCC2.Cc1cc(C#N)cc(C)c1Oc1nc(NC2CCN(Cc3ccc(S(C)(=O)=O)cc3)CC2)nc2c1SCCC2.Cc1cc(C#N)cc(C)c1Oc1nc(NC2CCN(c3cccc(C(N)=O)c3)CC2)nc2c1SCCC2. The summed E-state index contributed by atoms with van der Waals surface area (Å²) in [6.07, 6.45) is 14.1. The molecule has 0 spiro atoms. The van der Waals surface area contributed by atoms with Crippen molar-refractivity contribution in [3.8, 4) is 53.1 Å². The number of amides is 1. The largest absolute Gasteiger partial charge is 0.437 e. The standard InChI is InChI=1S/C30H35N5O3S2.C29H33N5O3S2.C28H30N6O2S/c1-20-15-24(17-31)16-21(2)27(20)38-29-28-26(5-4-14-39-28)33-30(34-29)32-25-10-12-35(13-11-25)18-22-6-8-23(9-7-22)19-40(3,36)37;1-19-15-22(17-30)16-20(2)26(19)37-28-27-25(5-4-14-38-27)32-29(33-28)31-23-10-12-34(13-11-23)18-21-6-8-24(9-7-21)39(3,35)36;1-17-13-19(16-29)14-18(2)24(17)36-27-25-23(7-4-12-37-25)32-28(33-27)31-21-8-10-34(11-9-21)22-6-3-5-20(15-22)26(30)35/h6-9,15-16,25H,4-5,10-14,18-19H2,1-3H3,(H,32,33,34);6-9,15-16,23H,4-5,10-14,18H2,1-3H3,(H,31,32,33);3,5-6,13-15,21H,4,7-12H2,1-2H3,(H2,30,35)(H,31,32,33). The Morgan fingerprint density at radius 1 is 0.474 bits per heavy atom. The first kappa shape index (κ1) is 83.9. The lowest BCUT2D eigenvalue weighted by atomic mass is 10.0. The summed E-state index contributed by atoms with van der Waals surface area (Å²) in [5.74, 6) is 8.49. The average Bonchev–Trinajstić information content (AvgIpc) is 0.798. The molecule has 0 unspecified atom stereocenters. The number of hydrogen-bond acceptors (Lipinski definition) is 26. The number of anilines is 4. The lowest BCUT2D eigenvalue weighted by Crippen LogP contribution is -2.39. The second-order valence-electron chi connectivity index (χ2n) is 30.7. The molecule has 0 aliphatic carbocycles. The van der Waals surface area contributed by atoms with Crippen LogP contribution in [0.4, 0.5) is 23.5 Å². The third-order valence-corrected chi connectivity index (χ3v) is 26.8. The fourth-order valence-electron chi connectivity index (χ4n) is 15.4. The number of likely N-dealkylation sites (tertiary alicyclic amines) is 2. The number of carbonyl (C=O) groups excluding carboxylic acids is 1. The van der Waals surface area contributed by atoms with Gasteiger partial charge >= 0.3 is 0 Å². The van der Waals surface area contributed by atoms with Crippen molar-refractivity contribution in [1.29, 1.82) is 15.8 Å². The number of primary amides is 1. The van der Waals surface area contributed by atoms with Gasteiger partial charge in [-0.25, -0.2) is 31.8 Å². The van der Waals surface area contributed by atoms with E-state index in [1.165, 1.54) is 18.1 Å². The molecular formula is C87H98N16O8S5. The zero-order valence-corrected chi connectivity index (χ0v) is 70.9. The first-order valence-corrected chi connectivity index (χ1v) is 46.3. The lowest BCUT2D eigenvalue weighted by Gasteiger charge is -2.34. The third-order valence-electron chi connectivity index (χ3n) is 21.3. The molecule has 6 aliphatic heterocycles. The van der Waals surface area contributed by atoms with E-state index in [-0.39, 0.29) is 23.9 Å². The summed E-state index contributed by atoms with van der Waals surface area (Å²) in [6.45, 7) is 18.9. The van der Waals surface area contributed by atoms with Gasteiger partial charge in [-0.3, -0.25) is 14.6 Å². The molecule has 3 aromatic heterocycles. The Balaban J connectivity index is 0.000000151. The highest BCUT2D eigenvalue weighted by molar-refractivity contribution is 8.00. The first-order chi connectivity index (χ1) is 55.8. The maximum Gasteiger partial charge on any atom is 0.248 e. The third kappa shape index (κ3) is 22.0. The van der Waals surface area contributed by atoms with Crippen LogP contribution in [0, 0.1) is 75.5 Å². The van der Waals surface area contributed by atoms with Gasteiger partial charge in [-0.05, 0) is 253 Å². The molecule has 1 amide bonds. The van der Waals surface area contributed by atoms with Gasteiger partial charge in [-0.2, -0.15) is 30.7 Å². The molecule has 3 saturated heterocycles. The number of thioether (sulfide) groups is 3. The highest BCUT2D eigenvalue weighted by atomic mass is 32.2. The van der Waals surface area contributed by atoms with Gasteiger partial charge in [0, 0.05) is 94.2 Å². The molecule has 0 radical (unpaired) electrons. The molecule has 0 atom stereocenters. The Bertz CT molecular complexity index is 5410. The number of nitrogens with one attached hydrogen (secondary N) is 3. The maximum atomic E-state index is 11.7. The number of carbonyl (C=O) groups is 1. The van der Waals surface area contributed by atoms with Crippen LogP contribution >= 0.6 is 35.3 Å². The van der Waals surface area contributed by atoms with Gasteiger partial charge in [0.2, 0.25) is 41.4 Å². The predicted octanol–water partition coefficient (Wildman–Crippen LogP) is 15.7. The Kier molecular flexibility index (Phi) is 27.4. The van der Waals surface area contributed by atoms with E-state index in [0.29, 0.717) is 62.6 Å². The molecule has 15 rings (SSSR count). The summed E-state index contributed by atoms with van der Waals surface area (Å²) in [5, 5.41) is 38.6. The predicted molar refractivity (Wildman–Crippen MR) is 458 cm³/mol. The summed E-state index contributed by atoms with van der Waals surface area (Å²) in [4.78, 5) is 51.1. The minimum Gasteiger partial charge on any atom is -0.437 e. The highest BCUT2D eigenvalue weighted by Gasteiger charge is 2.30. The smallest absolute Gasteiger partial charge is 0.248 e. The second-order valence-corrected chi connectivity index (χ2v) is 38.2. The Labute approximate surface area is 693 Å². The van der Waals surface area contributed by atoms with Crippen molar-refractivity contribution in [1.82, 2.24) is 39.7 Å². The van der Waals surface area contributed by atoms with E-state index in [2.05, 4.69) is 48.9 Å². The van der Waals surface area contributed by atoms with E-state index in [0.717, 1.165) is 246 Å². The molecule has 6 aromatic carbocycles. The number of ether oxygens (including phenoxy) is 3. The molecule has 29 heteroatoms. The molecule has 24 nitrogen and oxygen atoms in total. The van der Waals surface area contributed by atoms with Gasteiger partial charge < -0.3 is 40.8 Å². The van der Waals surface area contributed by atoms with Crippen molar-refractivity contribution in [2.24, 2.45) is 5.73 Å². The second kappa shape index (κ2) is 37.9. The molecule has 3 fully saturated rings. The number of fused-ring (bicyclic) bond motifs is 3. The van der Waals surface area contributed by atoms with Crippen molar-refractivity contribution in [2.75, 3.05) is 89.9 Å². The summed E-state index contributed by atoms with van der Waals surface area (Å²) >= 11 is 5.23. The van der Waals surface area contributed by atoms with Gasteiger partial charge in [0.15, 0.2) is 19.7 Å². The van der Waals surface area contributed by atoms with Crippen LogP contribution in [0.15, 0.2) is 129 Å². The fourth-order valence-corrected chi connectivity index (χ4v) is 19.9. The quantitative estimate of drug-likeness (QED) is 0.0519. The van der Waals surface area contributed by atoms with Crippen LogP contribution in [0.3, 0.4) is 0 Å². The Morgan fingerprint density at radius 3 is 1.14 bits per heavy atom. The number of nitriles is 3. The van der Waals surface area contributed by atoms with Gasteiger partial charge in [-0.15, -0.1) is 35.3 Å². The van der Waals surface area contributed by atoms with E-state index in [1.807, 2.05) is 133 Å². The first-order valence-electron chi connectivity index (χ1n) is 39.4. The van der Waals surface area contributed by atoms with E-state index < -0.39 is 25.6 Å². The molecule has 604 valence electrons. The number of aromatic nitrogens is 6. The molecule has 9 heterocycles. The molecule has 0 saturated carbocycles. The van der Waals surface area contributed by atoms with Crippen molar-refractivity contribution in [3.63, 3.8) is 0 Å².